The molecule has 1 aliphatic rings. The van der Waals surface area contributed by atoms with Crippen molar-refractivity contribution in [2.24, 2.45) is 0 Å². The smallest absolute Gasteiger partial charge is 0.314 e. The van der Waals surface area contributed by atoms with Crippen molar-refractivity contribution in [2.45, 2.75) is 51.4 Å². The molecule has 2 rings (SSSR count). The predicted octanol–water partition coefficient (Wildman–Crippen LogP) is 3.45. The van der Waals surface area contributed by atoms with E-state index < -0.39 is 11.4 Å². The third-order valence-electron chi connectivity index (χ3n) is 4.14. The summed E-state index contributed by atoms with van der Waals surface area (Å²) in [5.74, 6) is -0.654. The molecule has 0 heterocycles. The number of benzene rings is 1. The summed E-state index contributed by atoms with van der Waals surface area (Å²) in [4.78, 5) is 11.6. The zero-order valence-corrected chi connectivity index (χ0v) is 10.6. The Hall–Kier alpha value is -1.31. The van der Waals surface area contributed by atoms with Crippen LogP contribution in [0.25, 0.3) is 0 Å². The SMILES string of the molecule is CCc1ccc(C2(C(=O)O)CCCC2)cc1C. The Morgan fingerprint density at radius 3 is 2.47 bits per heavy atom. The second-order valence-electron chi connectivity index (χ2n) is 5.09. The molecule has 0 radical (unpaired) electrons. The van der Waals surface area contributed by atoms with Crippen LogP contribution in [0.2, 0.25) is 0 Å². The molecule has 2 nitrogen and oxygen atoms in total. The zero-order valence-electron chi connectivity index (χ0n) is 10.6. The number of carboxylic acid groups (broad SMARTS) is 1. The topological polar surface area (TPSA) is 37.3 Å². The maximum Gasteiger partial charge on any atom is 0.314 e. The first-order valence-electron chi connectivity index (χ1n) is 6.43. The van der Waals surface area contributed by atoms with Gasteiger partial charge >= 0.3 is 5.97 Å². The van der Waals surface area contributed by atoms with E-state index in [9.17, 15) is 9.90 Å². The Kier molecular flexibility index (Phi) is 3.23. The summed E-state index contributed by atoms with van der Waals surface area (Å²) >= 11 is 0. The van der Waals surface area contributed by atoms with Gasteiger partial charge in [0, 0.05) is 0 Å². The predicted molar refractivity (Wildman–Crippen MR) is 68.3 cm³/mol. The average Bonchev–Trinajstić information content (AvgIpc) is 2.79. The van der Waals surface area contributed by atoms with Gasteiger partial charge in [0.25, 0.3) is 0 Å². The van der Waals surface area contributed by atoms with Gasteiger partial charge < -0.3 is 5.11 Å². The molecule has 1 fully saturated rings. The van der Waals surface area contributed by atoms with Crippen molar-refractivity contribution in [2.75, 3.05) is 0 Å². The summed E-state index contributed by atoms with van der Waals surface area (Å²) in [6.07, 6.45) is 4.63. The van der Waals surface area contributed by atoms with E-state index in [2.05, 4.69) is 26.0 Å². The van der Waals surface area contributed by atoms with Gasteiger partial charge in [0.2, 0.25) is 0 Å². The lowest BCUT2D eigenvalue weighted by molar-refractivity contribution is -0.143. The molecule has 0 amide bonds. The van der Waals surface area contributed by atoms with E-state index in [0.29, 0.717) is 0 Å². The van der Waals surface area contributed by atoms with Crippen LogP contribution in [0.3, 0.4) is 0 Å². The van der Waals surface area contributed by atoms with Gasteiger partial charge in [0.05, 0.1) is 5.41 Å². The van der Waals surface area contributed by atoms with E-state index in [0.717, 1.165) is 37.7 Å². The molecule has 0 spiro atoms. The fraction of sp³-hybridized carbons (Fsp3) is 0.533. The molecule has 1 aliphatic carbocycles. The Labute approximate surface area is 103 Å². The Bertz CT molecular complexity index is 429. The van der Waals surface area contributed by atoms with Crippen molar-refractivity contribution < 1.29 is 9.90 Å². The molecule has 0 saturated heterocycles. The van der Waals surface area contributed by atoms with Gasteiger partial charge in [-0.15, -0.1) is 0 Å². The largest absolute Gasteiger partial charge is 0.481 e. The minimum Gasteiger partial charge on any atom is -0.481 e. The molecule has 0 unspecified atom stereocenters. The maximum absolute atomic E-state index is 11.6. The summed E-state index contributed by atoms with van der Waals surface area (Å²) in [7, 11) is 0. The lowest BCUT2D eigenvalue weighted by Crippen LogP contribution is -2.32. The van der Waals surface area contributed by atoms with Crippen LogP contribution < -0.4 is 0 Å². The third kappa shape index (κ3) is 1.97. The number of carbonyl (C=O) groups is 1. The molecule has 0 bridgehead atoms. The van der Waals surface area contributed by atoms with Crippen molar-refractivity contribution in [3.8, 4) is 0 Å². The molecule has 1 aromatic carbocycles. The number of hydrogen-bond donors (Lipinski definition) is 1. The van der Waals surface area contributed by atoms with Crippen molar-refractivity contribution in [1.82, 2.24) is 0 Å². The summed E-state index contributed by atoms with van der Waals surface area (Å²) in [6, 6.07) is 6.19. The van der Waals surface area contributed by atoms with E-state index in [-0.39, 0.29) is 0 Å². The average molecular weight is 232 g/mol. The number of aryl methyl sites for hydroxylation is 2. The van der Waals surface area contributed by atoms with Crippen LogP contribution in [0, 0.1) is 6.92 Å². The van der Waals surface area contributed by atoms with Crippen molar-refractivity contribution >= 4 is 5.97 Å². The number of rotatable bonds is 3. The van der Waals surface area contributed by atoms with Crippen molar-refractivity contribution in [3.63, 3.8) is 0 Å². The highest BCUT2D eigenvalue weighted by Crippen LogP contribution is 2.41. The van der Waals surface area contributed by atoms with Gasteiger partial charge in [0.15, 0.2) is 0 Å². The summed E-state index contributed by atoms with van der Waals surface area (Å²) in [5.41, 5.74) is 2.92. The highest BCUT2D eigenvalue weighted by atomic mass is 16.4. The second kappa shape index (κ2) is 4.52. The quantitative estimate of drug-likeness (QED) is 0.866. The number of carboxylic acids is 1. The molecule has 0 atom stereocenters. The van der Waals surface area contributed by atoms with Crippen LogP contribution in [0.15, 0.2) is 18.2 Å². The molecule has 92 valence electrons. The minimum atomic E-state index is -0.654. The first-order valence-corrected chi connectivity index (χ1v) is 6.43. The summed E-state index contributed by atoms with van der Waals surface area (Å²) < 4.78 is 0. The maximum atomic E-state index is 11.6. The molecular formula is C15H20O2. The Balaban J connectivity index is 2.44. The summed E-state index contributed by atoms with van der Waals surface area (Å²) in [5, 5.41) is 9.53. The highest BCUT2D eigenvalue weighted by Gasteiger charge is 2.42. The number of aliphatic carboxylic acids is 1. The first-order chi connectivity index (χ1) is 8.10. The zero-order chi connectivity index (χ0) is 12.5. The molecule has 1 saturated carbocycles. The fourth-order valence-corrected chi connectivity index (χ4v) is 2.99. The van der Waals surface area contributed by atoms with Crippen LogP contribution >= 0.6 is 0 Å². The van der Waals surface area contributed by atoms with Gasteiger partial charge in [-0.3, -0.25) is 4.79 Å². The van der Waals surface area contributed by atoms with Gasteiger partial charge in [-0.2, -0.15) is 0 Å². The minimum absolute atomic E-state index is 0.614. The second-order valence-corrected chi connectivity index (χ2v) is 5.09. The standard InChI is InChI=1S/C15H20O2/c1-3-12-6-7-13(10-11(12)2)15(14(16)17)8-4-5-9-15/h6-7,10H,3-5,8-9H2,1-2H3,(H,16,17). The van der Waals surface area contributed by atoms with Gasteiger partial charge in [0.1, 0.15) is 0 Å². The van der Waals surface area contributed by atoms with E-state index >= 15 is 0 Å². The molecule has 0 aromatic heterocycles. The normalized spacial score (nSPS) is 18.2. The van der Waals surface area contributed by atoms with Gasteiger partial charge in [-0.1, -0.05) is 38.0 Å². The van der Waals surface area contributed by atoms with Crippen LogP contribution in [0.4, 0.5) is 0 Å². The van der Waals surface area contributed by atoms with Crippen LogP contribution in [-0.4, -0.2) is 11.1 Å². The summed E-state index contributed by atoms with van der Waals surface area (Å²) in [6.45, 7) is 4.21. The molecule has 1 aromatic rings. The Morgan fingerprint density at radius 2 is 2.00 bits per heavy atom. The lowest BCUT2D eigenvalue weighted by atomic mass is 9.78. The molecule has 17 heavy (non-hydrogen) atoms. The van der Waals surface area contributed by atoms with Gasteiger partial charge in [-0.05, 0) is 42.9 Å². The Morgan fingerprint density at radius 1 is 1.35 bits per heavy atom. The fourth-order valence-electron chi connectivity index (χ4n) is 2.99. The molecule has 0 aliphatic heterocycles. The van der Waals surface area contributed by atoms with Gasteiger partial charge in [-0.25, -0.2) is 0 Å². The molecular weight excluding hydrogens is 212 g/mol. The van der Waals surface area contributed by atoms with E-state index in [1.165, 1.54) is 11.1 Å². The van der Waals surface area contributed by atoms with Crippen molar-refractivity contribution in [1.29, 1.82) is 0 Å². The highest BCUT2D eigenvalue weighted by molar-refractivity contribution is 5.82. The molecule has 2 heteroatoms. The van der Waals surface area contributed by atoms with E-state index in [4.69, 9.17) is 0 Å². The van der Waals surface area contributed by atoms with Crippen LogP contribution in [-0.2, 0) is 16.6 Å². The molecule has 1 N–H and O–H groups in total. The van der Waals surface area contributed by atoms with Crippen molar-refractivity contribution in [3.05, 3.63) is 34.9 Å². The van der Waals surface area contributed by atoms with E-state index in [1.807, 2.05) is 6.07 Å². The van der Waals surface area contributed by atoms with Crippen LogP contribution in [0.5, 0.6) is 0 Å². The van der Waals surface area contributed by atoms with Crippen LogP contribution in [0.1, 0.15) is 49.3 Å². The third-order valence-corrected chi connectivity index (χ3v) is 4.14. The number of hydrogen-bond acceptors (Lipinski definition) is 1. The van der Waals surface area contributed by atoms with E-state index in [1.54, 1.807) is 0 Å². The monoisotopic (exact) mass is 232 g/mol. The lowest BCUT2D eigenvalue weighted by Gasteiger charge is -2.25. The first kappa shape index (κ1) is 12.2.